The molecule has 0 spiro atoms. The standard InChI is InChI=1S/C21H20F3N3O2S2/c1-3-10-27-19(12-29-16-7-5-4-6-15(16)22)25-26-21(27)30-13-14-8-9-18(31-20(23)24)17(11-14)28-2/h3-9,11,20H,1,10,12-13H2,2H3. The molecule has 0 radical (unpaired) electrons. The molecule has 164 valence electrons. The van der Waals surface area contributed by atoms with Gasteiger partial charge in [0.1, 0.15) is 12.4 Å². The highest BCUT2D eigenvalue weighted by molar-refractivity contribution is 7.99. The SMILES string of the molecule is C=CCn1c(COc2ccccc2F)nnc1SCc1ccc(SC(F)F)c(OC)c1. The molecule has 0 saturated heterocycles. The van der Waals surface area contributed by atoms with Crippen LogP contribution in [0.5, 0.6) is 11.5 Å². The topological polar surface area (TPSA) is 49.2 Å². The fraction of sp³-hybridized carbons (Fsp3) is 0.238. The smallest absolute Gasteiger partial charge is 0.289 e. The summed E-state index contributed by atoms with van der Waals surface area (Å²) >= 11 is 1.87. The van der Waals surface area contributed by atoms with Crippen molar-refractivity contribution in [3.63, 3.8) is 0 Å². The summed E-state index contributed by atoms with van der Waals surface area (Å²) < 4.78 is 51.7. The zero-order valence-electron chi connectivity index (χ0n) is 16.6. The molecule has 1 heterocycles. The molecule has 5 nitrogen and oxygen atoms in total. The van der Waals surface area contributed by atoms with Crippen LogP contribution in [-0.2, 0) is 18.9 Å². The first kappa shape index (κ1) is 23.1. The molecule has 0 unspecified atom stereocenters. The van der Waals surface area contributed by atoms with Gasteiger partial charge in [0, 0.05) is 12.3 Å². The molecule has 3 rings (SSSR count). The van der Waals surface area contributed by atoms with Crippen molar-refractivity contribution in [3.8, 4) is 11.5 Å². The van der Waals surface area contributed by atoms with Crippen LogP contribution in [0.4, 0.5) is 13.2 Å². The first-order valence-electron chi connectivity index (χ1n) is 9.16. The van der Waals surface area contributed by atoms with Crippen molar-refractivity contribution in [1.29, 1.82) is 0 Å². The van der Waals surface area contributed by atoms with Crippen LogP contribution in [0.25, 0.3) is 0 Å². The van der Waals surface area contributed by atoms with E-state index < -0.39 is 11.6 Å². The molecule has 0 aliphatic heterocycles. The number of hydrogen-bond donors (Lipinski definition) is 0. The van der Waals surface area contributed by atoms with E-state index in [1.165, 1.54) is 24.9 Å². The van der Waals surface area contributed by atoms with Crippen molar-refractivity contribution in [2.24, 2.45) is 0 Å². The van der Waals surface area contributed by atoms with Crippen LogP contribution >= 0.6 is 23.5 Å². The second-order valence-corrected chi connectivity index (χ2v) is 8.14. The van der Waals surface area contributed by atoms with Crippen LogP contribution in [0.15, 0.2) is 65.2 Å². The van der Waals surface area contributed by atoms with Crippen molar-refractivity contribution in [1.82, 2.24) is 14.8 Å². The minimum Gasteiger partial charge on any atom is -0.496 e. The number of benzene rings is 2. The average molecular weight is 468 g/mol. The van der Waals surface area contributed by atoms with Gasteiger partial charge < -0.3 is 9.47 Å². The third kappa shape index (κ3) is 6.20. The average Bonchev–Trinajstić information content (AvgIpc) is 3.14. The predicted molar refractivity (Wildman–Crippen MR) is 115 cm³/mol. The first-order valence-corrected chi connectivity index (χ1v) is 11.0. The Labute approximate surface area is 186 Å². The molecule has 0 amide bonds. The Morgan fingerprint density at radius 1 is 1.16 bits per heavy atom. The molecule has 31 heavy (non-hydrogen) atoms. The largest absolute Gasteiger partial charge is 0.496 e. The van der Waals surface area contributed by atoms with Gasteiger partial charge in [-0.05, 0) is 29.8 Å². The third-order valence-electron chi connectivity index (χ3n) is 4.11. The summed E-state index contributed by atoms with van der Waals surface area (Å²) in [6.07, 6.45) is 1.71. The van der Waals surface area contributed by atoms with E-state index >= 15 is 0 Å². The predicted octanol–water partition coefficient (Wildman–Crippen LogP) is 5.80. The molecule has 10 heteroatoms. The van der Waals surface area contributed by atoms with Gasteiger partial charge in [-0.25, -0.2) is 4.39 Å². The number of alkyl halides is 2. The Morgan fingerprint density at radius 3 is 2.68 bits per heavy atom. The molecule has 1 aromatic heterocycles. The Morgan fingerprint density at radius 2 is 1.97 bits per heavy atom. The fourth-order valence-corrected chi connectivity index (χ4v) is 4.20. The van der Waals surface area contributed by atoms with Gasteiger partial charge in [0.15, 0.2) is 22.5 Å². The normalized spacial score (nSPS) is 11.0. The highest BCUT2D eigenvalue weighted by atomic mass is 32.2. The van der Waals surface area contributed by atoms with Crippen LogP contribution in [0, 0.1) is 5.82 Å². The summed E-state index contributed by atoms with van der Waals surface area (Å²) in [5.74, 6) is -1.37. The lowest BCUT2D eigenvalue weighted by Gasteiger charge is -2.11. The van der Waals surface area contributed by atoms with Gasteiger partial charge in [-0.3, -0.25) is 4.57 Å². The number of ether oxygens (including phenoxy) is 2. The minimum atomic E-state index is -2.52. The van der Waals surface area contributed by atoms with Gasteiger partial charge in [-0.15, -0.1) is 16.8 Å². The zero-order valence-corrected chi connectivity index (χ0v) is 18.3. The van der Waals surface area contributed by atoms with Crippen molar-refractivity contribution in [2.75, 3.05) is 7.11 Å². The van der Waals surface area contributed by atoms with Gasteiger partial charge in [0.2, 0.25) is 0 Å². The third-order valence-corrected chi connectivity index (χ3v) is 5.92. The molecular formula is C21H20F3N3O2S2. The van der Waals surface area contributed by atoms with Gasteiger partial charge in [-0.2, -0.15) is 8.78 Å². The van der Waals surface area contributed by atoms with E-state index in [-0.39, 0.29) is 12.4 Å². The van der Waals surface area contributed by atoms with Crippen LogP contribution in [-0.4, -0.2) is 27.6 Å². The number of para-hydroxylation sites is 1. The van der Waals surface area contributed by atoms with Gasteiger partial charge in [-0.1, -0.05) is 47.8 Å². The van der Waals surface area contributed by atoms with Crippen LogP contribution < -0.4 is 9.47 Å². The number of halogens is 3. The van der Waals surface area contributed by atoms with E-state index in [1.54, 1.807) is 42.5 Å². The van der Waals surface area contributed by atoms with E-state index in [2.05, 4.69) is 16.8 Å². The Hall–Kier alpha value is -2.59. The number of rotatable bonds is 11. The van der Waals surface area contributed by atoms with E-state index in [0.717, 1.165) is 5.56 Å². The maximum Gasteiger partial charge on any atom is 0.289 e. The van der Waals surface area contributed by atoms with E-state index in [9.17, 15) is 13.2 Å². The quantitative estimate of drug-likeness (QED) is 0.263. The molecule has 3 aromatic rings. The molecule has 0 atom stereocenters. The second kappa shape index (κ2) is 11.1. The lowest BCUT2D eigenvalue weighted by atomic mass is 10.2. The number of allylic oxidation sites excluding steroid dienone is 1. The summed E-state index contributed by atoms with van der Waals surface area (Å²) in [5, 5.41) is 9.00. The molecular weight excluding hydrogens is 447 g/mol. The molecule has 2 aromatic carbocycles. The second-order valence-electron chi connectivity index (χ2n) is 6.17. The van der Waals surface area contributed by atoms with Crippen molar-refractivity contribution in [3.05, 3.63) is 72.3 Å². The number of hydrogen-bond acceptors (Lipinski definition) is 6. The molecule has 0 aliphatic carbocycles. The maximum absolute atomic E-state index is 13.8. The zero-order chi connectivity index (χ0) is 22.2. The Balaban J connectivity index is 1.70. The van der Waals surface area contributed by atoms with Gasteiger partial charge >= 0.3 is 0 Å². The highest BCUT2D eigenvalue weighted by Gasteiger charge is 2.15. The number of aromatic nitrogens is 3. The number of nitrogens with zero attached hydrogens (tertiary/aromatic N) is 3. The van der Waals surface area contributed by atoms with Gasteiger partial charge in [0.25, 0.3) is 5.76 Å². The lowest BCUT2D eigenvalue weighted by Crippen LogP contribution is -2.08. The molecule has 0 fully saturated rings. The van der Waals surface area contributed by atoms with E-state index in [4.69, 9.17) is 9.47 Å². The number of thioether (sulfide) groups is 2. The van der Waals surface area contributed by atoms with Gasteiger partial charge in [0.05, 0.1) is 12.0 Å². The monoisotopic (exact) mass is 467 g/mol. The molecule has 0 aliphatic rings. The highest BCUT2D eigenvalue weighted by Crippen LogP contribution is 2.35. The lowest BCUT2D eigenvalue weighted by molar-refractivity contribution is 0.251. The molecule has 0 N–H and O–H groups in total. The maximum atomic E-state index is 13.8. The van der Waals surface area contributed by atoms with Crippen molar-refractivity contribution in [2.45, 2.75) is 34.7 Å². The van der Waals surface area contributed by atoms with E-state index in [1.807, 2.05) is 4.57 Å². The van der Waals surface area contributed by atoms with Crippen molar-refractivity contribution < 1.29 is 22.6 Å². The summed E-state index contributed by atoms with van der Waals surface area (Å²) in [7, 11) is 1.45. The summed E-state index contributed by atoms with van der Waals surface area (Å²) in [6.45, 7) is 4.27. The first-order chi connectivity index (χ1) is 15.0. The Bertz CT molecular complexity index is 1030. The van der Waals surface area contributed by atoms with Crippen LogP contribution in [0.3, 0.4) is 0 Å². The fourth-order valence-electron chi connectivity index (χ4n) is 2.69. The number of methoxy groups -OCH3 is 1. The summed E-state index contributed by atoms with van der Waals surface area (Å²) in [4.78, 5) is 0.383. The summed E-state index contributed by atoms with van der Waals surface area (Å²) in [6, 6.07) is 11.3. The van der Waals surface area contributed by atoms with E-state index in [0.29, 0.717) is 45.7 Å². The van der Waals surface area contributed by atoms with Crippen LogP contribution in [0.2, 0.25) is 0 Å². The molecule has 0 bridgehead atoms. The minimum absolute atomic E-state index is 0.0513. The van der Waals surface area contributed by atoms with Crippen molar-refractivity contribution >= 4 is 23.5 Å². The van der Waals surface area contributed by atoms with Crippen LogP contribution in [0.1, 0.15) is 11.4 Å². The summed E-state index contributed by atoms with van der Waals surface area (Å²) in [5.41, 5.74) is 0.887. The Kier molecular flexibility index (Phi) is 8.30. The molecule has 0 saturated carbocycles.